The number of nitrogens with zero attached hydrogens (tertiary/aromatic N) is 2. The van der Waals surface area contributed by atoms with Gasteiger partial charge in [-0.05, 0) is 49.4 Å². The summed E-state index contributed by atoms with van der Waals surface area (Å²) in [7, 11) is 0. The number of hydrogen-bond acceptors (Lipinski definition) is 3. The van der Waals surface area contributed by atoms with Gasteiger partial charge in [0, 0.05) is 39.8 Å². The van der Waals surface area contributed by atoms with Crippen LogP contribution in [0.1, 0.15) is 24.5 Å². The van der Waals surface area contributed by atoms with Crippen molar-refractivity contribution in [1.82, 2.24) is 4.98 Å². The van der Waals surface area contributed by atoms with Crippen LogP contribution in [0.15, 0.2) is 60.8 Å². The number of hydrogen-bond donors (Lipinski definition) is 1. The van der Waals surface area contributed by atoms with Crippen LogP contribution < -0.4 is 10.2 Å². The predicted molar refractivity (Wildman–Crippen MR) is 135 cm³/mol. The molecule has 1 aliphatic carbocycles. The van der Waals surface area contributed by atoms with E-state index in [9.17, 15) is 9.18 Å². The molecule has 1 N–H and O–H groups in total. The molecule has 1 saturated heterocycles. The van der Waals surface area contributed by atoms with Crippen LogP contribution in [0.4, 0.5) is 15.9 Å². The average molecular weight is 541 g/mol. The Kier molecular flexibility index (Phi) is 5.65. The summed E-state index contributed by atoms with van der Waals surface area (Å²) in [5.41, 5.74) is 4.20. The van der Waals surface area contributed by atoms with Gasteiger partial charge >= 0.3 is 0 Å². The molecular formula is C26H25FIN3O. The van der Waals surface area contributed by atoms with Crippen molar-refractivity contribution in [2.75, 3.05) is 23.3 Å². The Balaban J connectivity index is 1.52. The number of benzene rings is 2. The quantitative estimate of drug-likeness (QED) is 0.344. The van der Waals surface area contributed by atoms with E-state index in [1.54, 1.807) is 24.4 Å². The fourth-order valence-corrected chi connectivity index (χ4v) is 5.45. The minimum absolute atomic E-state index is 0.0375. The molecule has 2 aromatic carbocycles. The fraction of sp³-hybridized carbons (Fsp3) is 0.308. The molecule has 6 heteroatoms. The van der Waals surface area contributed by atoms with Gasteiger partial charge in [-0.15, -0.1) is 0 Å². The fourth-order valence-electron chi connectivity index (χ4n) is 4.79. The topological polar surface area (TPSA) is 45.2 Å². The third-order valence-electron chi connectivity index (χ3n) is 6.49. The number of nitrogens with one attached hydrogen (secondary N) is 1. The molecule has 5 rings (SSSR count). The maximum atomic E-state index is 14.8. The van der Waals surface area contributed by atoms with Crippen LogP contribution in [0.2, 0.25) is 0 Å². The molecule has 164 valence electrons. The van der Waals surface area contributed by atoms with Gasteiger partial charge in [0.25, 0.3) is 0 Å². The lowest BCUT2D eigenvalue weighted by Gasteiger charge is -2.25. The Morgan fingerprint density at radius 3 is 2.44 bits per heavy atom. The molecule has 0 spiro atoms. The smallest absolute Gasteiger partial charge is 0.228 e. The van der Waals surface area contributed by atoms with Crippen LogP contribution in [0.3, 0.4) is 0 Å². The summed E-state index contributed by atoms with van der Waals surface area (Å²) in [6, 6.07) is 16.7. The lowest BCUT2D eigenvalue weighted by molar-refractivity contribution is -0.119. The van der Waals surface area contributed by atoms with Crippen molar-refractivity contribution in [3.63, 3.8) is 0 Å². The summed E-state index contributed by atoms with van der Waals surface area (Å²) in [6.07, 6.45) is 4.19. The number of halogens is 2. The van der Waals surface area contributed by atoms with Gasteiger partial charge in [0.1, 0.15) is 5.82 Å². The molecule has 2 heterocycles. The number of rotatable bonds is 4. The molecule has 1 aliphatic heterocycles. The molecule has 3 aromatic rings. The molecule has 4 nitrogen and oxygen atoms in total. The number of carbonyl (C=O) groups is 1. The van der Waals surface area contributed by atoms with Crippen molar-refractivity contribution < 1.29 is 9.18 Å². The van der Waals surface area contributed by atoms with Gasteiger partial charge in [-0.3, -0.25) is 4.79 Å². The van der Waals surface area contributed by atoms with Gasteiger partial charge in [-0.1, -0.05) is 65.1 Å². The van der Waals surface area contributed by atoms with E-state index in [2.05, 4.69) is 56.8 Å². The number of aromatic nitrogens is 1. The van der Waals surface area contributed by atoms with Crippen LogP contribution in [-0.4, -0.2) is 27.4 Å². The number of carbonyl (C=O) groups excluding carboxylic acids is 1. The average Bonchev–Trinajstić information content (AvgIpc) is 3.37. The van der Waals surface area contributed by atoms with Gasteiger partial charge in [0.2, 0.25) is 5.91 Å². The van der Waals surface area contributed by atoms with E-state index >= 15 is 0 Å². The molecule has 1 aromatic heterocycles. The van der Waals surface area contributed by atoms with Crippen molar-refractivity contribution in [3.8, 4) is 11.1 Å². The highest BCUT2D eigenvalue weighted by molar-refractivity contribution is 14.1. The van der Waals surface area contributed by atoms with Gasteiger partial charge in [-0.25, -0.2) is 9.37 Å². The Hall–Kier alpha value is -2.48. The molecule has 0 saturated carbocycles. The van der Waals surface area contributed by atoms with Crippen LogP contribution in [0.25, 0.3) is 11.1 Å². The van der Waals surface area contributed by atoms with E-state index < -0.39 is 0 Å². The second kappa shape index (κ2) is 8.46. The Bertz CT molecular complexity index is 1150. The third-order valence-corrected chi connectivity index (χ3v) is 7.37. The zero-order chi connectivity index (χ0) is 22.3. The van der Waals surface area contributed by atoms with Crippen LogP contribution in [0, 0.1) is 11.7 Å². The maximum absolute atomic E-state index is 14.8. The van der Waals surface area contributed by atoms with Crippen molar-refractivity contribution in [3.05, 3.63) is 77.7 Å². The molecule has 1 atom stereocenters. The Labute approximate surface area is 201 Å². The summed E-state index contributed by atoms with van der Waals surface area (Å²) in [5.74, 6) is 0.232. The first-order valence-corrected chi connectivity index (χ1v) is 12.0. The molecule has 0 radical (unpaired) electrons. The number of anilines is 2. The first-order valence-electron chi connectivity index (χ1n) is 11.0. The molecule has 2 aliphatic rings. The normalized spacial score (nSPS) is 20.4. The molecule has 1 unspecified atom stereocenters. The van der Waals surface area contributed by atoms with E-state index in [0.717, 1.165) is 38.2 Å². The lowest BCUT2D eigenvalue weighted by atomic mass is 10.0. The molecule has 32 heavy (non-hydrogen) atoms. The van der Waals surface area contributed by atoms with E-state index in [1.165, 1.54) is 17.2 Å². The minimum Gasteiger partial charge on any atom is -0.354 e. The van der Waals surface area contributed by atoms with Gasteiger partial charge in [0.05, 0.1) is 5.69 Å². The SMILES string of the molecule is CC1(I)CCN(c2nccc(-c3ccccc3F)c2NC(=O)C2Cc3ccccc3C2)C1. The van der Waals surface area contributed by atoms with Crippen molar-refractivity contribution >= 4 is 40.0 Å². The van der Waals surface area contributed by atoms with Crippen LogP contribution in [0.5, 0.6) is 0 Å². The maximum Gasteiger partial charge on any atom is 0.228 e. The zero-order valence-corrected chi connectivity index (χ0v) is 20.1. The summed E-state index contributed by atoms with van der Waals surface area (Å²) in [5, 5.41) is 3.17. The number of pyridine rings is 1. The van der Waals surface area contributed by atoms with Crippen molar-refractivity contribution in [1.29, 1.82) is 0 Å². The largest absolute Gasteiger partial charge is 0.354 e. The second-order valence-corrected chi connectivity index (χ2v) is 11.6. The highest BCUT2D eigenvalue weighted by Gasteiger charge is 2.34. The second-order valence-electron chi connectivity index (χ2n) is 8.99. The summed E-state index contributed by atoms with van der Waals surface area (Å²) in [4.78, 5) is 20.2. The predicted octanol–water partition coefficient (Wildman–Crippen LogP) is 5.65. The van der Waals surface area contributed by atoms with Crippen LogP contribution >= 0.6 is 22.6 Å². The molecular weight excluding hydrogens is 516 g/mol. The van der Waals surface area contributed by atoms with E-state index in [-0.39, 0.29) is 21.1 Å². The van der Waals surface area contributed by atoms with Crippen molar-refractivity contribution in [2.24, 2.45) is 5.92 Å². The Morgan fingerprint density at radius 2 is 1.78 bits per heavy atom. The lowest BCUT2D eigenvalue weighted by Crippen LogP contribution is -2.29. The summed E-state index contributed by atoms with van der Waals surface area (Å²) >= 11 is 2.49. The number of fused-ring (bicyclic) bond motifs is 1. The van der Waals surface area contributed by atoms with Gasteiger partial charge in [-0.2, -0.15) is 0 Å². The van der Waals surface area contributed by atoms with Crippen molar-refractivity contribution in [2.45, 2.75) is 29.6 Å². The van der Waals surface area contributed by atoms with Crippen LogP contribution in [-0.2, 0) is 17.6 Å². The van der Waals surface area contributed by atoms with E-state index in [1.807, 2.05) is 18.2 Å². The monoisotopic (exact) mass is 541 g/mol. The Morgan fingerprint density at radius 1 is 1.09 bits per heavy atom. The molecule has 1 fully saturated rings. The highest BCUT2D eigenvalue weighted by Crippen LogP contribution is 2.41. The van der Waals surface area contributed by atoms with E-state index in [4.69, 9.17) is 0 Å². The third kappa shape index (κ3) is 4.12. The minimum atomic E-state index is -0.312. The first-order chi connectivity index (χ1) is 15.4. The van der Waals surface area contributed by atoms with Gasteiger partial charge in [0.15, 0.2) is 5.82 Å². The molecule has 1 amide bonds. The summed E-state index contributed by atoms with van der Waals surface area (Å²) in [6.45, 7) is 3.91. The number of amides is 1. The number of alkyl halides is 1. The van der Waals surface area contributed by atoms with Gasteiger partial charge < -0.3 is 10.2 Å². The first kappa shape index (κ1) is 21.4. The zero-order valence-electron chi connectivity index (χ0n) is 17.9. The standard InChI is InChI=1S/C26H25FIN3O/c1-26(28)11-13-31(16-26)24-23(21(10-12-29-24)20-8-4-5-9-22(20)27)30-25(32)19-14-17-6-2-3-7-18(17)15-19/h2-10,12,19H,11,13-16H2,1H3,(H,30,32). The molecule has 0 bridgehead atoms. The van der Waals surface area contributed by atoms with E-state index in [0.29, 0.717) is 16.8 Å². The highest BCUT2D eigenvalue weighted by atomic mass is 127. The summed E-state index contributed by atoms with van der Waals surface area (Å²) < 4.78 is 14.9.